The van der Waals surface area contributed by atoms with E-state index in [0.717, 1.165) is 50.2 Å². The third kappa shape index (κ3) is 4.65. The topological polar surface area (TPSA) is 21.3 Å². The summed E-state index contributed by atoms with van der Waals surface area (Å²) >= 11 is 0. The van der Waals surface area contributed by atoms with Crippen molar-refractivity contribution in [1.29, 1.82) is 0 Å². The van der Waals surface area contributed by atoms with Crippen LogP contribution in [0.15, 0.2) is 223 Å². The molecule has 0 fully saturated rings. The summed E-state index contributed by atoms with van der Waals surface area (Å²) in [4.78, 5) is 2.54. The smallest absolute Gasteiger partial charge is 0.145 e. The fourth-order valence-corrected chi connectivity index (χ4v) is 12.8. The van der Waals surface area contributed by atoms with Gasteiger partial charge in [-0.25, -0.2) is 0 Å². The SMILES string of the molecule is CC1(C)c2ccccc2-c2ccc(N(c3ccc4c5ccccc5n(-c5ccccc5)c4c3)c3cc4c(c5oc6ccccc6c35)-c3ccccc3C43c4ccccc4-c4ccccc43)cc21. The summed E-state index contributed by atoms with van der Waals surface area (Å²) in [6.07, 6.45) is 0. The van der Waals surface area contributed by atoms with Crippen LogP contribution in [-0.2, 0) is 10.8 Å². The minimum absolute atomic E-state index is 0.199. The van der Waals surface area contributed by atoms with Gasteiger partial charge in [-0.1, -0.05) is 178 Å². The number of para-hydroxylation sites is 3. The maximum atomic E-state index is 7.30. The van der Waals surface area contributed by atoms with Crippen LogP contribution in [-0.4, -0.2) is 4.57 Å². The quantitative estimate of drug-likeness (QED) is 0.176. The summed E-state index contributed by atoms with van der Waals surface area (Å²) < 4.78 is 9.73. The van der Waals surface area contributed by atoms with E-state index in [-0.39, 0.29) is 5.41 Å². The zero-order chi connectivity index (χ0) is 44.2. The van der Waals surface area contributed by atoms with Crippen LogP contribution in [0.2, 0.25) is 0 Å². The van der Waals surface area contributed by atoms with Crippen LogP contribution in [0.1, 0.15) is 47.2 Å². The Bertz CT molecular complexity index is 4040. The monoisotopic (exact) mass is 854 g/mol. The number of nitrogens with zero attached hydrogens (tertiary/aromatic N) is 2. The van der Waals surface area contributed by atoms with E-state index in [2.05, 4.69) is 242 Å². The van der Waals surface area contributed by atoms with Crippen LogP contribution in [0.5, 0.6) is 0 Å². The van der Waals surface area contributed by atoms with Crippen LogP contribution in [0, 0.1) is 0 Å². The van der Waals surface area contributed by atoms with E-state index in [0.29, 0.717) is 0 Å². The van der Waals surface area contributed by atoms with Crippen molar-refractivity contribution in [2.75, 3.05) is 4.90 Å². The normalized spacial score (nSPS) is 14.4. The van der Waals surface area contributed by atoms with E-state index in [1.807, 2.05) is 0 Å². The highest BCUT2D eigenvalue weighted by Gasteiger charge is 2.53. The van der Waals surface area contributed by atoms with E-state index in [9.17, 15) is 0 Å². The van der Waals surface area contributed by atoms with Crippen molar-refractivity contribution in [3.63, 3.8) is 0 Å². The van der Waals surface area contributed by atoms with Crippen molar-refractivity contribution in [3.8, 4) is 39.1 Å². The number of fused-ring (bicyclic) bond motifs is 20. The number of hydrogen-bond donors (Lipinski definition) is 0. The second-order valence-electron chi connectivity index (χ2n) is 19.1. The lowest BCUT2D eigenvalue weighted by molar-refractivity contribution is 0.660. The predicted molar refractivity (Wildman–Crippen MR) is 277 cm³/mol. The van der Waals surface area contributed by atoms with Gasteiger partial charge in [0, 0.05) is 44.2 Å². The van der Waals surface area contributed by atoms with E-state index in [4.69, 9.17) is 4.42 Å². The number of benzene rings is 10. The van der Waals surface area contributed by atoms with Gasteiger partial charge in [0.1, 0.15) is 11.2 Å². The third-order valence-corrected chi connectivity index (χ3v) is 15.6. The Kier molecular flexibility index (Phi) is 7.22. The third-order valence-electron chi connectivity index (χ3n) is 15.6. The van der Waals surface area contributed by atoms with Crippen molar-refractivity contribution in [3.05, 3.63) is 252 Å². The summed E-state index contributed by atoms with van der Waals surface area (Å²) in [5, 5.41) is 4.65. The first-order valence-corrected chi connectivity index (χ1v) is 23.4. The molecular formula is C64H42N2O. The van der Waals surface area contributed by atoms with E-state index >= 15 is 0 Å². The van der Waals surface area contributed by atoms with Crippen molar-refractivity contribution in [1.82, 2.24) is 4.57 Å². The Labute approximate surface area is 388 Å². The molecule has 0 bridgehead atoms. The van der Waals surface area contributed by atoms with Crippen LogP contribution in [0.4, 0.5) is 17.1 Å². The maximum absolute atomic E-state index is 7.30. The maximum Gasteiger partial charge on any atom is 0.145 e. The van der Waals surface area contributed by atoms with Gasteiger partial charge in [0.25, 0.3) is 0 Å². The largest absolute Gasteiger partial charge is 0.455 e. The molecule has 1 spiro atoms. The van der Waals surface area contributed by atoms with Crippen molar-refractivity contribution in [2.24, 2.45) is 0 Å². The fraction of sp³-hybridized carbons (Fsp3) is 0.0625. The lowest BCUT2D eigenvalue weighted by Gasteiger charge is -2.33. The molecule has 3 heteroatoms. The molecule has 0 saturated carbocycles. The molecule has 314 valence electrons. The molecule has 0 amide bonds. The van der Waals surface area contributed by atoms with Crippen molar-refractivity contribution < 1.29 is 4.42 Å². The van der Waals surface area contributed by atoms with E-state index < -0.39 is 5.41 Å². The summed E-state index contributed by atoms with van der Waals surface area (Å²) in [6.45, 7) is 4.76. The van der Waals surface area contributed by atoms with Crippen LogP contribution < -0.4 is 4.90 Å². The number of hydrogen-bond acceptors (Lipinski definition) is 2. The van der Waals surface area contributed by atoms with Gasteiger partial charge in [-0.2, -0.15) is 0 Å². The molecule has 0 aliphatic heterocycles. The van der Waals surface area contributed by atoms with Crippen LogP contribution in [0.3, 0.4) is 0 Å². The molecule has 10 aromatic carbocycles. The Morgan fingerprint density at radius 1 is 0.403 bits per heavy atom. The number of furan rings is 1. The van der Waals surface area contributed by atoms with Crippen LogP contribution in [0.25, 0.3) is 82.8 Å². The lowest BCUT2D eigenvalue weighted by atomic mass is 9.70. The van der Waals surface area contributed by atoms with Gasteiger partial charge in [-0.3, -0.25) is 0 Å². The molecule has 0 N–H and O–H groups in total. The van der Waals surface area contributed by atoms with Crippen molar-refractivity contribution in [2.45, 2.75) is 24.7 Å². The highest BCUT2D eigenvalue weighted by Crippen LogP contribution is 2.65. The minimum atomic E-state index is -0.571. The molecule has 3 aliphatic carbocycles. The molecule has 15 rings (SSSR count). The zero-order valence-corrected chi connectivity index (χ0v) is 37.1. The molecule has 67 heavy (non-hydrogen) atoms. The fourth-order valence-electron chi connectivity index (χ4n) is 12.8. The molecule has 2 aromatic heterocycles. The first-order chi connectivity index (χ1) is 33.0. The summed E-state index contributed by atoms with van der Waals surface area (Å²) in [5.41, 5.74) is 23.1. The summed E-state index contributed by atoms with van der Waals surface area (Å²) in [6, 6.07) is 81.2. The highest BCUT2D eigenvalue weighted by atomic mass is 16.3. The van der Waals surface area contributed by atoms with Gasteiger partial charge in [-0.15, -0.1) is 0 Å². The minimum Gasteiger partial charge on any atom is -0.455 e. The molecule has 0 saturated heterocycles. The van der Waals surface area contributed by atoms with Gasteiger partial charge in [-0.05, 0) is 116 Å². The number of anilines is 3. The van der Waals surface area contributed by atoms with Gasteiger partial charge in [0.05, 0.1) is 27.5 Å². The van der Waals surface area contributed by atoms with Crippen molar-refractivity contribution >= 4 is 60.8 Å². The molecule has 3 aliphatic rings. The molecular weight excluding hydrogens is 813 g/mol. The lowest BCUT2D eigenvalue weighted by Crippen LogP contribution is -2.26. The molecule has 0 radical (unpaired) electrons. The Morgan fingerprint density at radius 2 is 0.940 bits per heavy atom. The Hall–Kier alpha value is -8.40. The second-order valence-corrected chi connectivity index (χ2v) is 19.1. The number of aromatic nitrogens is 1. The average Bonchev–Trinajstić information content (AvgIpc) is 4.14. The predicted octanol–water partition coefficient (Wildman–Crippen LogP) is 16.8. The molecule has 2 heterocycles. The molecule has 0 atom stereocenters. The van der Waals surface area contributed by atoms with Gasteiger partial charge >= 0.3 is 0 Å². The molecule has 3 nitrogen and oxygen atoms in total. The Balaban J connectivity index is 1.10. The average molecular weight is 855 g/mol. The standard InChI is InChI=1S/C64H42N2O/c1-63(2)50-26-12-6-20-42(50)45-34-32-40(36-54(45)63)65(41-33-35-47-46-23-10-16-30-56(46)66(57(47)37-41)39-18-4-3-5-19-39)58-38-55-60(62-61(58)49-25-11-17-31-59(49)67-62)48-24-9-15-29-53(48)64(55)51-27-13-7-21-43(51)44-22-8-14-28-52(44)64/h3-38H,1-2H3. The van der Waals surface area contributed by atoms with E-state index in [1.54, 1.807) is 0 Å². The zero-order valence-electron chi connectivity index (χ0n) is 37.1. The first kappa shape index (κ1) is 36.9. The van der Waals surface area contributed by atoms with Gasteiger partial charge in [0.15, 0.2) is 0 Å². The molecule has 0 unspecified atom stereocenters. The summed E-state index contributed by atoms with van der Waals surface area (Å²) in [7, 11) is 0. The van der Waals surface area contributed by atoms with Gasteiger partial charge in [0.2, 0.25) is 0 Å². The van der Waals surface area contributed by atoms with Crippen LogP contribution >= 0.6 is 0 Å². The number of rotatable bonds is 4. The van der Waals surface area contributed by atoms with Gasteiger partial charge < -0.3 is 13.9 Å². The van der Waals surface area contributed by atoms with E-state index in [1.165, 1.54) is 83.1 Å². The highest BCUT2D eigenvalue weighted by molar-refractivity contribution is 6.20. The molecule has 12 aromatic rings. The Morgan fingerprint density at radius 3 is 1.69 bits per heavy atom. The first-order valence-electron chi connectivity index (χ1n) is 23.4. The second kappa shape index (κ2) is 13.1. The summed E-state index contributed by atoms with van der Waals surface area (Å²) in [5.74, 6) is 0.